The summed E-state index contributed by atoms with van der Waals surface area (Å²) in [5, 5.41) is 12.0. The van der Waals surface area contributed by atoms with Crippen LogP contribution in [-0.2, 0) is 0 Å². The van der Waals surface area contributed by atoms with Crippen LogP contribution in [0.2, 0.25) is 0 Å². The number of hydrogen-bond donors (Lipinski definition) is 0. The predicted molar refractivity (Wildman–Crippen MR) is 82.9 cm³/mol. The molecular weight excluding hydrogens is 286 g/mol. The first-order valence-electron chi connectivity index (χ1n) is 6.86. The Labute approximate surface area is 127 Å². The van der Waals surface area contributed by atoms with Gasteiger partial charge in [-0.2, -0.15) is 0 Å². The van der Waals surface area contributed by atoms with Gasteiger partial charge in [-0.15, -0.1) is 0 Å². The minimum Gasteiger partial charge on any atom is -0.371 e. The highest BCUT2D eigenvalue weighted by Gasteiger charge is 2.17. The Morgan fingerprint density at radius 2 is 2.00 bits per heavy atom. The molecule has 1 aromatic carbocycles. The number of rotatable bonds is 4. The molecule has 5 nitrogen and oxygen atoms in total. The van der Waals surface area contributed by atoms with Crippen molar-refractivity contribution in [1.82, 2.24) is 4.98 Å². The zero-order chi connectivity index (χ0) is 14.7. The molecule has 0 unspecified atom stereocenters. The van der Waals surface area contributed by atoms with E-state index in [0.717, 1.165) is 41.5 Å². The number of anilines is 1. The van der Waals surface area contributed by atoms with E-state index in [0.29, 0.717) is 0 Å². The van der Waals surface area contributed by atoms with Crippen LogP contribution in [-0.4, -0.2) is 23.0 Å². The molecule has 0 bridgehead atoms. The van der Waals surface area contributed by atoms with Crippen molar-refractivity contribution < 1.29 is 4.92 Å². The van der Waals surface area contributed by atoms with Crippen molar-refractivity contribution >= 4 is 23.1 Å². The monoisotopic (exact) mass is 301 g/mol. The first-order chi connectivity index (χ1) is 10.2. The van der Waals surface area contributed by atoms with Gasteiger partial charge in [0.25, 0.3) is 5.69 Å². The number of benzene rings is 1. The molecule has 1 aliphatic rings. The van der Waals surface area contributed by atoms with Gasteiger partial charge in [-0.05, 0) is 31.0 Å². The fraction of sp³-hybridized carbons (Fsp3) is 0.267. The van der Waals surface area contributed by atoms with E-state index in [1.165, 1.54) is 11.8 Å². The Morgan fingerprint density at radius 1 is 1.19 bits per heavy atom. The lowest BCUT2D eigenvalue weighted by atomic mass is 10.2. The number of non-ortho nitro benzene ring substituents is 1. The Morgan fingerprint density at radius 3 is 2.67 bits per heavy atom. The van der Waals surface area contributed by atoms with Gasteiger partial charge in [-0.1, -0.05) is 17.8 Å². The highest BCUT2D eigenvalue weighted by atomic mass is 32.2. The van der Waals surface area contributed by atoms with Gasteiger partial charge in [0.15, 0.2) is 0 Å². The molecule has 0 N–H and O–H groups in total. The SMILES string of the molecule is O=[N+]([O-])c1cc(Sc2ccccn2)cc(N2CCCC2)c1. The van der Waals surface area contributed by atoms with Crippen molar-refractivity contribution in [2.24, 2.45) is 0 Å². The Hall–Kier alpha value is -2.08. The average molecular weight is 301 g/mol. The summed E-state index contributed by atoms with van der Waals surface area (Å²) in [5.74, 6) is 0. The van der Waals surface area contributed by atoms with Gasteiger partial charge in [0, 0.05) is 42.0 Å². The standard InChI is InChI=1S/C15H15N3O2S/c19-18(20)13-9-12(17-7-3-4-8-17)10-14(11-13)21-15-5-1-2-6-16-15/h1-2,5-6,9-11H,3-4,7-8H2. The second-order valence-corrected chi connectivity index (χ2v) is 6.00. The van der Waals surface area contributed by atoms with E-state index < -0.39 is 0 Å². The first kappa shape index (κ1) is 13.9. The molecule has 2 heterocycles. The number of nitrogens with zero attached hydrogens (tertiary/aromatic N) is 3. The Balaban J connectivity index is 1.93. The molecule has 3 rings (SSSR count). The van der Waals surface area contributed by atoms with Crippen LogP contribution in [0.1, 0.15) is 12.8 Å². The maximum absolute atomic E-state index is 11.1. The third-order valence-corrected chi connectivity index (χ3v) is 4.34. The van der Waals surface area contributed by atoms with Gasteiger partial charge in [-0.25, -0.2) is 4.98 Å². The molecule has 0 saturated carbocycles. The number of nitro groups is 1. The molecule has 0 aliphatic carbocycles. The fourth-order valence-corrected chi connectivity index (χ4v) is 3.28. The Bertz CT molecular complexity index is 643. The fourth-order valence-electron chi connectivity index (χ4n) is 2.42. The minimum atomic E-state index is -0.331. The van der Waals surface area contributed by atoms with Gasteiger partial charge in [0.05, 0.1) is 4.92 Å². The lowest BCUT2D eigenvalue weighted by molar-refractivity contribution is -0.385. The van der Waals surface area contributed by atoms with Crippen molar-refractivity contribution in [3.63, 3.8) is 0 Å². The van der Waals surface area contributed by atoms with Gasteiger partial charge >= 0.3 is 0 Å². The normalized spacial score (nSPS) is 14.4. The lowest BCUT2D eigenvalue weighted by Gasteiger charge is -2.18. The smallest absolute Gasteiger partial charge is 0.272 e. The minimum absolute atomic E-state index is 0.137. The number of hydrogen-bond acceptors (Lipinski definition) is 5. The van der Waals surface area contributed by atoms with E-state index in [9.17, 15) is 10.1 Å². The molecule has 0 radical (unpaired) electrons. The van der Waals surface area contributed by atoms with E-state index in [1.807, 2.05) is 24.3 Å². The average Bonchev–Trinajstić information content (AvgIpc) is 3.02. The summed E-state index contributed by atoms with van der Waals surface area (Å²) >= 11 is 1.45. The number of nitro benzene ring substituents is 1. The van der Waals surface area contributed by atoms with Crippen LogP contribution >= 0.6 is 11.8 Å². The van der Waals surface area contributed by atoms with Gasteiger partial charge in [-0.3, -0.25) is 10.1 Å². The third-order valence-electron chi connectivity index (χ3n) is 3.42. The van der Waals surface area contributed by atoms with E-state index in [1.54, 1.807) is 18.3 Å². The van der Waals surface area contributed by atoms with Crippen LogP contribution in [0.4, 0.5) is 11.4 Å². The zero-order valence-electron chi connectivity index (χ0n) is 11.4. The molecule has 2 aromatic rings. The summed E-state index contributed by atoms with van der Waals surface area (Å²) < 4.78 is 0. The molecule has 1 aromatic heterocycles. The van der Waals surface area contributed by atoms with Crippen LogP contribution in [0, 0.1) is 10.1 Å². The van der Waals surface area contributed by atoms with Crippen LogP contribution in [0.3, 0.4) is 0 Å². The van der Waals surface area contributed by atoms with Crippen molar-refractivity contribution in [2.45, 2.75) is 22.8 Å². The largest absolute Gasteiger partial charge is 0.371 e. The summed E-state index contributed by atoms with van der Waals surface area (Å²) in [6, 6.07) is 10.9. The van der Waals surface area contributed by atoms with Crippen molar-refractivity contribution in [3.05, 3.63) is 52.7 Å². The van der Waals surface area contributed by atoms with E-state index in [4.69, 9.17) is 0 Å². The molecular formula is C15H15N3O2S. The highest BCUT2D eigenvalue weighted by Crippen LogP contribution is 2.34. The number of pyridine rings is 1. The van der Waals surface area contributed by atoms with Crippen LogP contribution < -0.4 is 4.90 Å². The Kier molecular flexibility index (Phi) is 4.06. The molecule has 21 heavy (non-hydrogen) atoms. The summed E-state index contributed by atoms with van der Waals surface area (Å²) in [7, 11) is 0. The molecule has 108 valence electrons. The van der Waals surface area contributed by atoms with Gasteiger partial charge < -0.3 is 4.90 Å². The van der Waals surface area contributed by atoms with Crippen molar-refractivity contribution in [3.8, 4) is 0 Å². The van der Waals surface area contributed by atoms with Gasteiger partial charge in [0.2, 0.25) is 0 Å². The molecule has 0 amide bonds. The lowest BCUT2D eigenvalue weighted by Crippen LogP contribution is -2.17. The summed E-state index contributed by atoms with van der Waals surface area (Å²) in [4.78, 5) is 18.1. The second kappa shape index (κ2) is 6.13. The van der Waals surface area contributed by atoms with E-state index in [2.05, 4.69) is 9.88 Å². The van der Waals surface area contributed by atoms with Crippen LogP contribution in [0.25, 0.3) is 0 Å². The van der Waals surface area contributed by atoms with Crippen molar-refractivity contribution in [1.29, 1.82) is 0 Å². The maximum atomic E-state index is 11.1. The molecule has 0 atom stereocenters. The second-order valence-electron chi connectivity index (χ2n) is 4.91. The highest BCUT2D eigenvalue weighted by molar-refractivity contribution is 7.99. The van der Waals surface area contributed by atoms with Crippen LogP contribution in [0.5, 0.6) is 0 Å². The molecule has 1 saturated heterocycles. The van der Waals surface area contributed by atoms with Crippen LogP contribution in [0.15, 0.2) is 52.5 Å². The van der Waals surface area contributed by atoms with Gasteiger partial charge in [0.1, 0.15) is 5.03 Å². The topological polar surface area (TPSA) is 59.3 Å². The molecule has 1 aliphatic heterocycles. The summed E-state index contributed by atoms with van der Waals surface area (Å²) in [6.45, 7) is 1.93. The predicted octanol–water partition coefficient (Wildman–Crippen LogP) is 3.74. The van der Waals surface area contributed by atoms with Crippen molar-refractivity contribution in [2.75, 3.05) is 18.0 Å². The number of aromatic nitrogens is 1. The summed E-state index contributed by atoms with van der Waals surface area (Å²) in [5.41, 5.74) is 1.07. The summed E-state index contributed by atoms with van der Waals surface area (Å²) in [6.07, 6.45) is 4.01. The third kappa shape index (κ3) is 3.33. The quantitative estimate of drug-likeness (QED) is 0.636. The molecule has 1 fully saturated rings. The molecule has 0 spiro atoms. The first-order valence-corrected chi connectivity index (χ1v) is 7.67. The van der Waals surface area contributed by atoms with E-state index in [-0.39, 0.29) is 10.6 Å². The van der Waals surface area contributed by atoms with E-state index >= 15 is 0 Å². The maximum Gasteiger partial charge on any atom is 0.272 e. The zero-order valence-corrected chi connectivity index (χ0v) is 12.3. The molecule has 6 heteroatoms.